The van der Waals surface area contributed by atoms with Gasteiger partial charge in [-0.1, -0.05) is 34.3 Å². The molecule has 2 atom stereocenters. The van der Waals surface area contributed by atoms with Gasteiger partial charge in [-0.3, -0.25) is 4.99 Å². The van der Waals surface area contributed by atoms with Crippen LogP contribution < -0.4 is 13.3 Å². The summed E-state index contributed by atoms with van der Waals surface area (Å²) >= 11 is 9.54. The Hall–Kier alpha value is 3.02. The first kappa shape index (κ1) is 36.0. The van der Waals surface area contributed by atoms with Gasteiger partial charge < -0.3 is 4.90 Å². The van der Waals surface area contributed by atoms with Crippen molar-refractivity contribution in [2.24, 2.45) is 16.8 Å². The Kier molecular flexibility index (Phi) is 52.0. The molecule has 0 N–H and O–H groups in total. The Morgan fingerprint density at radius 1 is 1.05 bits per heavy atom. The third kappa shape index (κ3) is 34.4. The molecule has 0 aliphatic rings. The SMILES string of the molecule is C.C/C=C\C=NC.CC(C)C(C)C(C)N(C)C.II.I[I-]I. The maximum atomic E-state index is 3.71. The van der Waals surface area contributed by atoms with E-state index < -0.39 is 0 Å². The number of allylic oxidation sites excluding steroid dienone is 2. The van der Waals surface area contributed by atoms with Crippen LogP contribution in [-0.4, -0.2) is 38.3 Å². The second-order valence-corrected chi connectivity index (χ2v) is 21.0. The van der Waals surface area contributed by atoms with Crippen LogP contribution >= 0.6 is 74.5 Å². The molecular weight excluding hydrogens is 843 g/mol. The average Bonchev–Trinajstić information content (AvgIpc) is 2.46. The first-order valence-electron chi connectivity index (χ1n) is 6.51. The Labute approximate surface area is 193 Å². The molecule has 0 aliphatic heterocycles. The van der Waals surface area contributed by atoms with Crippen molar-refractivity contribution in [2.75, 3.05) is 21.1 Å². The summed E-state index contributed by atoms with van der Waals surface area (Å²) in [6.07, 6.45) is 5.58. The quantitative estimate of drug-likeness (QED) is 0.297. The summed E-state index contributed by atoms with van der Waals surface area (Å²) in [5.74, 6) is 1.58. The Bertz CT molecular complexity index is 200. The van der Waals surface area contributed by atoms with E-state index in [2.05, 4.69) is 126 Å². The molecule has 0 radical (unpaired) electrons. The van der Waals surface area contributed by atoms with E-state index in [9.17, 15) is 0 Å². The van der Waals surface area contributed by atoms with E-state index in [1.54, 1.807) is 13.3 Å². The second kappa shape index (κ2) is 31.8. The molecule has 0 fully saturated rings. The number of halogens is 5. The van der Waals surface area contributed by atoms with E-state index in [0.717, 1.165) is 11.8 Å². The summed E-state index contributed by atoms with van der Waals surface area (Å²) in [5, 5.41) is 0. The number of nitrogens with zero attached hydrogens (tertiary/aromatic N) is 2. The Balaban J connectivity index is -0.0000000690. The summed E-state index contributed by atoms with van der Waals surface area (Å²) in [4.78, 5) is 6.00. The predicted octanol–water partition coefficient (Wildman–Crippen LogP) is 4.67. The van der Waals surface area contributed by atoms with E-state index in [1.165, 1.54) is 0 Å². The van der Waals surface area contributed by atoms with Crippen LogP contribution in [0.2, 0.25) is 0 Å². The molecule has 2 unspecified atom stereocenters. The van der Waals surface area contributed by atoms with Crippen molar-refractivity contribution in [3.63, 3.8) is 0 Å². The van der Waals surface area contributed by atoms with Gasteiger partial charge in [-0.2, -0.15) is 0 Å². The fraction of sp³-hybridized carbons (Fsp3) is 0.800. The van der Waals surface area contributed by atoms with Gasteiger partial charge in [0.2, 0.25) is 0 Å². The third-order valence-electron chi connectivity index (χ3n) is 3.05. The summed E-state index contributed by atoms with van der Waals surface area (Å²) in [7, 11) is 6.03. The zero-order chi connectivity index (χ0) is 17.8. The van der Waals surface area contributed by atoms with Crippen molar-refractivity contribution in [2.45, 2.75) is 48.1 Å². The minimum atomic E-state index is 0. The van der Waals surface area contributed by atoms with Gasteiger partial charge in [-0.15, -0.1) is 0 Å². The molecule has 22 heavy (non-hydrogen) atoms. The van der Waals surface area contributed by atoms with Crippen molar-refractivity contribution in [3.05, 3.63) is 12.2 Å². The van der Waals surface area contributed by atoms with Crippen LogP contribution in [0.5, 0.6) is 0 Å². The molecule has 0 amide bonds. The van der Waals surface area contributed by atoms with Crippen molar-refractivity contribution < 1.29 is 13.3 Å². The molecule has 7 heteroatoms. The Morgan fingerprint density at radius 3 is 1.50 bits per heavy atom. The van der Waals surface area contributed by atoms with Crippen LogP contribution in [0.4, 0.5) is 0 Å². The molecular formula is C15H34I5N2-. The van der Waals surface area contributed by atoms with E-state index in [4.69, 9.17) is 0 Å². The van der Waals surface area contributed by atoms with Crippen LogP contribution in [0.25, 0.3) is 0 Å². The number of rotatable bonds is 4. The number of hydrogen-bond acceptors (Lipinski definition) is 2. The molecule has 0 aliphatic carbocycles. The molecule has 2 nitrogen and oxygen atoms in total. The van der Waals surface area contributed by atoms with E-state index >= 15 is 0 Å². The molecule has 0 bridgehead atoms. The minimum absolute atomic E-state index is 0. The van der Waals surface area contributed by atoms with E-state index in [0.29, 0.717) is 19.3 Å². The average molecular weight is 877 g/mol. The topological polar surface area (TPSA) is 15.6 Å². The van der Waals surface area contributed by atoms with Gasteiger partial charge in [-0.25, -0.2) is 0 Å². The van der Waals surface area contributed by atoms with Crippen LogP contribution in [0.15, 0.2) is 17.1 Å². The first-order chi connectivity index (χ1) is 9.79. The number of hydrogen-bond donors (Lipinski definition) is 0. The normalized spacial score (nSPS) is 12.6. The van der Waals surface area contributed by atoms with Crippen LogP contribution in [0.1, 0.15) is 42.0 Å². The Morgan fingerprint density at radius 2 is 1.41 bits per heavy atom. The molecule has 140 valence electrons. The summed E-state index contributed by atoms with van der Waals surface area (Å²) < 4.78 is 0. The fourth-order valence-electron chi connectivity index (χ4n) is 1.20. The van der Waals surface area contributed by atoms with Crippen LogP contribution in [0.3, 0.4) is 0 Å². The van der Waals surface area contributed by atoms with Crippen LogP contribution in [0, 0.1) is 11.8 Å². The predicted molar refractivity (Wildman–Crippen MR) is 139 cm³/mol. The molecule has 0 saturated heterocycles. The standard InChI is InChI=1S/C9H21N.C5H9N.CH4.I3.I2/c1-7(2)8(3)9(4)10(5)6;1-3-4-5-6-2;;1-3-2;1-2/h7-9H,1-6H3;3-5H,1-2H3;1H4;;/q;;;-1;/b;4-3-,6-5?;;;. The van der Waals surface area contributed by atoms with E-state index in [1.807, 2.05) is 19.1 Å². The molecule has 0 rings (SSSR count). The van der Waals surface area contributed by atoms with E-state index in [-0.39, 0.29) is 7.43 Å². The van der Waals surface area contributed by atoms with Crippen molar-refractivity contribution in [1.29, 1.82) is 0 Å². The van der Waals surface area contributed by atoms with Gasteiger partial charge in [0.1, 0.15) is 0 Å². The van der Waals surface area contributed by atoms with Gasteiger partial charge in [0, 0.05) is 56.5 Å². The fourth-order valence-corrected chi connectivity index (χ4v) is 1.20. The van der Waals surface area contributed by atoms with Gasteiger partial charge in [0.25, 0.3) is 0 Å². The summed E-state index contributed by atoms with van der Waals surface area (Å²) in [5.41, 5.74) is 0. The van der Waals surface area contributed by atoms with Crippen molar-refractivity contribution in [3.8, 4) is 0 Å². The van der Waals surface area contributed by atoms with Crippen molar-refractivity contribution in [1.82, 2.24) is 4.90 Å². The molecule has 0 aromatic heterocycles. The third-order valence-corrected chi connectivity index (χ3v) is 3.05. The first-order valence-corrected chi connectivity index (χ1v) is 25.4. The summed E-state index contributed by atoms with van der Waals surface area (Å²) in [6, 6.07) is 0.694. The summed E-state index contributed by atoms with van der Waals surface area (Å²) in [6.45, 7) is 11.1. The monoisotopic (exact) mass is 877 g/mol. The van der Waals surface area contributed by atoms with Crippen molar-refractivity contribution >= 4 is 80.7 Å². The molecule has 0 spiro atoms. The molecule has 0 aromatic rings. The zero-order valence-electron chi connectivity index (χ0n) is 14.2. The zero-order valence-corrected chi connectivity index (χ0v) is 25.0. The molecule has 0 heterocycles. The second-order valence-electron chi connectivity index (χ2n) is 4.79. The van der Waals surface area contributed by atoms with Gasteiger partial charge in [-0.05, 0) is 45.9 Å². The van der Waals surface area contributed by atoms with Gasteiger partial charge in [0.05, 0.1) is 0 Å². The van der Waals surface area contributed by atoms with Crippen LogP contribution in [-0.2, 0) is 0 Å². The molecule has 0 saturated carbocycles. The maximum absolute atomic E-state index is 3.71. The number of aliphatic imine (C=N–C) groups is 1. The molecule has 0 aromatic carbocycles. The van der Waals surface area contributed by atoms with Gasteiger partial charge >= 0.3 is 50.5 Å². The van der Waals surface area contributed by atoms with Gasteiger partial charge in [0.15, 0.2) is 0 Å².